The lowest BCUT2D eigenvalue weighted by Crippen LogP contribution is -2.38. The van der Waals surface area contributed by atoms with Crippen molar-refractivity contribution >= 4 is 5.91 Å². The zero-order valence-corrected chi connectivity index (χ0v) is 14.7. The summed E-state index contributed by atoms with van der Waals surface area (Å²) in [6.07, 6.45) is 5.93. The number of hydrogen-bond acceptors (Lipinski definition) is 5. The molecule has 0 aliphatic carbocycles. The summed E-state index contributed by atoms with van der Waals surface area (Å²) >= 11 is 0. The normalized spacial score (nSPS) is 29.3. The average Bonchev–Trinajstić information content (AvgIpc) is 3.31. The summed E-state index contributed by atoms with van der Waals surface area (Å²) in [4.78, 5) is 20.7. The van der Waals surface area contributed by atoms with Crippen LogP contribution in [0.5, 0.6) is 0 Å². The number of pyridine rings is 1. The fraction of sp³-hybridized carbons (Fsp3) is 0.684. The van der Waals surface area contributed by atoms with Crippen LogP contribution in [0.2, 0.25) is 0 Å². The molecule has 6 heteroatoms. The lowest BCUT2D eigenvalue weighted by molar-refractivity contribution is -0.136. The molecular weight excluding hydrogens is 318 g/mol. The highest BCUT2D eigenvalue weighted by atomic mass is 16.5. The van der Waals surface area contributed by atoms with Crippen LogP contribution in [0.3, 0.4) is 0 Å². The molecule has 0 bridgehead atoms. The Morgan fingerprint density at radius 2 is 2.12 bits per heavy atom. The number of likely N-dealkylation sites (tertiary alicyclic amines) is 2. The molecule has 4 rings (SSSR count). The summed E-state index contributed by atoms with van der Waals surface area (Å²) in [5.41, 5.74) is 1.33. The summed E-state index contributed by atoms with van der Waals surface area (Å²) in [6, 6.07) is 4.14. The van der Waals surface area contributed by atoms with Crippen molar-refractivity contribution in [3.63, 3.8) is 0 Å². The predicted molar refractivity (Wildman–Crippen MR) is 92.9 cm³/mol. The van der Waals surface area contributed by atoms with Gasteiger partial charge in [0.15, 0.2) is 0 Å². The van der Waals surface area contributed by atoms with Gasteiger partial charge in [0.05, 0.1) is 19.8 Å². The van der Waals surface area contributed by atoms with Gasteiger partial charge in [0.2, 0.25) is 5.91 Å². The van der Waals surface area contributed by atoms with Crippen molar-refractivity contribution < 1.29 is 14.3 Å². The van der Waals surface area contributed by atoms with Gasteiger partial charge in [-0.2, -0.15) is 0 Å². The molecule has 3 saturated heterocycles. The van der Waals surface area contributed by atoms with Crippen molar-refractivity contribution in [2.45, 2.75) is 19.4 Å². The molecule has 3 fully saturated rings. The van der Waals surface area contributed by atoms with Crippen LogP contribution in [0.1, 0.15) is 18.4 Å². The molecule has 1 amide bonds. The number of fused-ring (bicyclic) bond motifs is 1. The van der Waals surface area contributed by atoms with Gasteiger partial charge in [0.25, 0.3) is 0 Å². The highest BCUT2D eigenvalue weighted by Crippen LogP contribution is 2.42. The molecule has 0 aromatic carbocycles. The first-order valence-electron chi connectivity index (χ1n) is 9.30. The lowest BCUT2D eigenvalue weighted by Gasteiger charge is -2.27. The Bertz CT molecular complexity index is 591. The van der Waals surface area contributed by atoms with Gasteiger partial charge in [-0.15, -0.1) is 0 Å². The summed E-state index contributed by atoms with van der Waals surface area (Å²) < 4.78 is 11.6. The third-order valence-corrected chi connectivity index (χ3v) is 5.82. The van der Waals surface area contributed by atoms with E-state index in [4.69, 9.17) is 9.47 Å². The van der Waals surface area contributed by atoms with E-state index in [-0.39, 0.29) is 17.9 Å². The Morgan fingerprint density at radius 3 is 2.92 bits per heavy atom. The quantitative estimate of drug-likeness (QED) is 0.775. The van der Waals surface area contributed by atoms with Crippen LogP contribution in [0.4, 0.5) is 0 Å². The molecule has 0 N–H and O–H groups in total. The highest BCUT2D eigenvalue weighted by molar-refractivity contribution is 5.77. The minimum Gasteiger partial charge on any atom is -0.380 e. The van der Waals surface area contributed by atoms with Crippen LogP contribution < -0.4 is 0 Å². The standard InChI is InChI=1S/C19H27N3O3/c23-18(22-7-1-2-8-22)12-25-15-19-13-21(10-17(19)11-24-14-19)9-16-3-5-20-6-4-16/h3-6,17H,1-2,7-15H2/t17-,19+/m0/s1. The first-order valence-corrected chi connectivity index (χ1v) is 9.30. The van der Waals surface area contributed by atoms with Crippen LogP contribution in [0, 0.1) is 11.3 Å². The molecule has 2 atom stereocenters. The van der Waals surface area contributed by atoms with Crippen molar-refractivity contribution in [1.82, 2.24) is 14.8 Å². The molecule has 1 aromatic rings. The maximum atomic E-state index is 12.2. The molecule has 25 heavy (non-hydrogen) atoms. The number of ether oxygens (including phenoxy) is 2. The Kier molecular flexibility index (Phi) is 5.01. The van der Waals surface area contributed by atoms with Crippen molar-refractivity contribution in [3.8, 4) is 0 Å². The molecule has 0 unspecified atom stereocenters. The van der Waals surface area contributed by atoms with Gasteiger partial charge in [-0.1, -0.05) is 0 Å². The molecule has 0 radical (unpaired) electrons. The van der Waals surface area contributed by atoms with Gasteiger partial charge < -0.3 is 14.4 Å². The number of carbonyl (C=O) groups excluding carboxylic acids is 1. The molecule has 3 aliphatic heterocycles. The first-order chi connectivity index (χ1) is 12.3. The molecule has 0 saturated carbocycles. The third-order valence-electron chi connectivity index (χ3n) is 5.82. The van der Waals surface area contributed by atoms with E-state index in [0.717, 1.165) is 58.8 Å². The van der Waals surface area contributed by atoms with Crippen LogP contribution in [-0.2, 0) is 20.8 Å². The van der Waals surface area contributed by atoms with E-state index >= 15 is 0 Å². The number of aromatic nitrogens is 1. The van der Waals surface area contributed by atoms with Crippen molar-refractivity contribution in [1.29, 1.82) is 0 Å². The van der Waals surface area contributed by atoms with E-state index in [1.807, 2.05) is 17.3 Å². The average molecular weight is 345 g/mol. The van der Waals surface area contributed by atoms with Gasteiger partial charge in [-0.05, 0) is 30.5 Å². The van der Waals surface area contributed by atoms with Crippen LogP contribution in [-0.4, -0.2) is 73.3 Å². The summed E-state index contributed by atoms with van der Waals surface area (Å²) in [6.45, 7) is 7.08. The first kappa shape index (κ1) is 16.9. The smallest absolute Gasteiger partial charge is 0.248 e. The second-order valence-electron chi connectivity index (χ2n) is 7.68. The van der Waals surface area contributed by atoms with E-state index < -0.39 is 0 Å². The van der Waals surface area contributed by atoms with E-state index in [0.29, 0.717) is 12.5 Å². The number of rotatable bonds is 6. The molecule has 6 nitrogen and oxygen atoms in total. The Hall–Kier alpha value is -1.50. The molecule has 136 valence electrons. The minimum atomic E-state index is 0.0400. The van der Waals surface area contributed by atoms with E-state index in [9.17, 15) is 4.79 Å². The number of nitrogens with zero attached hydrogens (tertiary/aromatic N) is 3. The fourth-order valence-electron chi connectivity index (χ4n) is 4.41. The summed E-state index contributed by atoms with van der Waals surface area (Å²) in [5, 5.41) is 0. The highest BCUT2D eigenvalue weighted by Gasteiger charge is 2.50. The van der Waals surface area contributed by atoms with E-state index in [1.54, 1.807) is 0 Å². The minimum absolute atomic E-state index is 0.0400. The lowest BCUT2D eigenvalue weighted by atomic mass is 9.82. The number of carbonyl (C=O) groups is 1. The summed E-state index contributed by atoms with van der Waals surface area (Å²) in [7, 11) is 0. The zero-order chi connectivity index (χ0) is 17.1. The van der Waals surface area contributed by atoms with Crippen molar-refractivity contribution in [3.05, 3.63) is 30.1 Å². The van der Waals surface area contributed by atoms with E-state index in [1.165, 1.54) is 5.56 Å². The van der Waals surface area contributed by atoms with E-state index in [2.05, 4.69) is 22.0 Å². The second-order valence-corrected chi connectivity index (χ2v) is 7.68. The van der Waals surface area contributed by atoms with Gasteiger partial charge in [0, 0.05) is 56.5 Å². The topological polar surface area (TPSA) is 54.9 Å². The molecule has 3 aliphatic rings. The summed E-state index contributed by atoms with van der Waals surface area (Å²) in [5.74, 6) is 0.632. The Balaban J connectivity index is 1.31. The molecule has 0 spiro atoms. The predicted octanol–water partition coefficient (Wildman–Crippen LogP) is 1.17. The monoisotopic (exact) mass is 345 g/mol. The SMILES string of the molecule is O=C(COC[C@@]12COC[C@@H]1CN(Cc1ccncc1)C2)N1CCCC1. The van der Waals surface area contributed by atoms with Gasteiger partial charge >= 0.3 is 0 Å². The second kappa shape index (κ2) is 7.40. The van der Waals surface area contributed by atoms with Crippen LogP contribution >= 0.6 is 0 Å². The Morgan fingerprint density at radius 1 is 1.32 bits per heavy atom. The van der Waals surface area contributed by atoms with Crippen molar-refractivity contribution in [2.75, 3.05) is 52.6 Å². The largest absolute Gasteiger partial charge is 0.380 e. The van der Waals surface area contributed by atoms with Crippen LogP contribution in [0.15, 0.2) is 24.5 Å². The fourth-order valence-corrected chi connectivity index (χ4v) is 4.41. The van der Waals surface area contributed by atoms with Crippen LogP contribution in [0.25, 0.3) is 0 Å². The Labute approximate surface area is 149 Å². The zero-order valence-electron chi connectivity index (χ0n) is 14.7. The van der Waals surface area contributed by atoms with Gasteiger partial charge in [-0.3, -0.25) is 14.7 Å². The van der Waals surface area contributed by atoms with Gasteiger partial charge in [0.1, 0.15) is 6.61 Å². The van der Waals surface area contributed by atoms with Crippen molar-refractivity contribution in [2.24, 2.45) is 11.3 Å². The maximum absolute atomic E-state index is 12.2. The molecule has 4 heterocycles. The third kappa shape index (κ3) is 3.71. The number of amides is 1. The molecule has 1 aromatic heterocycles. The van der Waals surface area contributed by atoms with Gasteiger partial charge in [-0.25, -0.2) is 0 Å². The maximum Gasteiger partial charge on any atom is 0.248 e. The number of hydrogen-bond donors (Lipinski definition) is 0. The molecular formula is C19H27N3O3.